The summed E-state index contributed by atoms with van der Waals surface area (Å²) in [4.78, 5) is 12.9. The van der Waals surface area contributed by atoms with Gasteiger partial charge in [-0.2, -0.15) is 0 Å². The number of hydrogen-bond donors (Lipinski definition) is 1. The topological polar surface area (TPSA) is 101 Å². The predicted molar refractivity (Wildman–Crippen MR) is 119 cm³/mol. The molecule has 1 aromatic heterocycles. The first-order valence-electron chi connectivity index (χ1n) is 8.73. The minimum atomic E-state index is -3.84. The zero-order valence-corrected chi connectivity index (χ0v) is 18.8. The van der Waals surface area contributed by atoms with Crippen LogP contribution in [0.3, 0.4) is 0 Å². The predicted octanol–water partition coefficient (Wildman–Crippen LogP) is 3.66. The van der Waals surface area contributed by atoms with Crippen molar-refractivity contribution < 1.29 is 17.9 Å². The molecule has 0 unspecified atom stereocenters. The Balaban J connectivity index is 1.87. The van der Waals surface area contributed by atoms with Crippen LogP contribution in [0.15, 0.2) is 48.5 Å². The zero-order valence-electron chi connectivity index (χ0n) is 16.4. The number of nitrogens with zero attached hydrogens (tertiary/aromatic N) is 3. The number of benzene rings is 2. The number of halogens is 1. The van der Waals surface area contributed by atoms with E-state index in [9.17, 15) is 13.2 Å². The third-order valence-electron chi connectivity index (χ3n) is 4.14. The quantitative estimate of drug-likeness (QED) is 0.570. The lowest BCUT2D eigenvalue weighted by Crippen LogP contribution is -2.45. The van der Waals surface area contributed by atoms with Crippen molar-refractivity contribution in [3.05, 3.63) is 53.6 Å². The summed E-state index contributed by atoms with van der Waals surface area (Å²) in [5, 5.41) is 11.9. The first-order chi connectivity index (χ1) is 14.2. The Morgan fingerprint density at radius 2 is 1.90 bits per heavy atom. The molecule has 2 aromatic carbocycles. The van der Waals surface area contributed by atoms with Crippen molar-refractivity contribution in [3.8, 4) is 16.3 Å². The number of methoxy groups -OCH3 is 1. The van der Waals surface area contributed by atoms with Crippen LogP contribution < -0.4 is 14.4 Å². The maximum atomic E-state index is 12.9. The average Bonchev–Trinajstić information content (AvgIpc) is 3.16. The van der Waals surface area contributed by atoms with Crippen molar-refractivity contribution in [3.63, 3.8) is 0 Å². The standard InChI is InChI=1S/C19H19ClN4O4S2/c1-12(24(30(3,26)27)15-11-14(20)9-10-16(15)28-2)17(25)21-19-23-22-18(29-19)13-7-5-4-6-8-13/h4-12H,1-3H3,(H,21,23,25)/t12-/m1/s1. The van der Waals surface area contributed by atoms with Gasteiger partial charge in [0.2, 0.25) is 21.1 Å². The molecule has 0 fully saturated rings. The second-order valence-corrected chi connectivity index (χ2v) is 9.59. The van der Waals surface area contributed by atoms with E-state index in [1.165, 1.54) is 37.5 Å². The van der Waals surface area contributed by atoms with E-state index >= 15 is 0 Å². The van der Waals surface area contributed by atoms with Gasteiger partial charge in [0.1, 0.15) is 16.8 Å². The molecule has 1 amide bonds. The van der Waals surface area contributed by atoms with Gasteiger partial charge in [-0.25, -0.2) is 8.42 Å². The highest BCUT2D eigenvalue weighted by Gasteiger charge is 2.32. The lowest BCUT2D eigenvalue weighted by molar-refractivity contribution is -0.116. The van der Waals surface area contributed by atoms with E-state index < -0.39 is 22.0 Å². The van der Waals surface area contributed by atoms with Crippen molar-refractivity contribution in [1.82, 2.24) is 10.2 Å². The molecule has 3 aromatic rings. The van der Waals surface area contributed by atoms with Crippen LogP contribution in [0.25, 0.3) is 10.6 Å². The van der Waals surface area contributed by atoms with Gasteiger partial charge in [-0.05, 0) is 25.1 Å². The Hall–Kier alpha value is -2.69. The highest BCUT2D eigenvalue weighted by Crippen LogP contribution is 2.34. The van der Waals surface area contributed by atoms with Crippen LogP contribution in [-0.2, 0) is 14.8 Å². The number of hydrogen-bond acceptors (Lipinski definition) is 7. The van der Waals surface area contributed by atoms with Crippen molar-refractivity contribution in [2.45, 2.75) is 13.0 Å². The Morgan fingerprint density at radius 3 is 2.53 bits per heavy atom. The summed E-state index contributed by atoms with van der Waals surface area (Å²) in [6.45, 7) is 1.47. The number of carbonyl (C=O) groups excluding carboxylic acids is 1. The smallest absolute Gasteiger partial charge is 0.249 e. The van der Waals surface area contributed by atoms with E-state index in [0.29, 0.717) is 10.0 Å². The zero-order chi connectivity index (χ0) is 21.9. The van der Waals surface area contributed by atoms with Crippen LogP contribution in [-0.4, -0.2) is 43.9 Å². The van der Waals surface area contributed by atoms with Crippen molar-refractivity contribution in [2.75, 3.05) is 23.0 Å². The molecule has 1 atom stereocenters. The van der Waals surface area contributed by atoms with Crippen LogP contribution in [0.5, 0.6) is 5.75 Å². The third kappa shape index (κ3) is 4.89. The van der Waals surface area contributed by atoms with E-state index in [1.807, 2.05) is 30.3 Å². The van der Waals surface area contributed by atoms with Gasteiger partial charge in [0.05, 0.1) is 19.1 Å². The monoisotopic (exact) mass is 466 g/mol. The molecule has 1 N–H and O–H groups in total. The molecule has 0 saturated heterocycles. The number of sulfonamides is 1. The third-order valence-corrected chi connectivity index (χ3v) is 6.49. The summed E-state index contributed by atoms with van der Waals surface area (Å²) in [6, 6.07) is 12.8. The minimum absolute atomic E-state index is 0.164. The molecular weight excluding hydrogens is 448 g/mol. The van der Waals surface area contributed by atoms with Crippen LogP contribution in [0.1, 0.15) is 6.92 Å². The summed E-state index contributed by atoms with van der Waals surface area (Å²) < 4.78 is 31.3. The fraction of sp³-hybridized carbons (Fsp3) is 0.211. The lowest BCUT2D eigenvalue weighted by atomic mass is 10.2. The van der Waals surface area contributed by atoms with Gasteiger partial charge in [0, 0.05) is 10.6 Å². The minimum Gasteiger partial charge on any atom is -0.495 e. The Morgan fingerprint density at radius 1 is 1.20 bits per heavy atom. The van der Waals surface area contributed by atoms with E-state index in [-0.39, 0.29) is 16.6 Å². The molecule has 0 spiro atoms. The summed E-state index contributed by atoms with van der Waals surface area (Å²) in [7, 11) is -2.43. The van der Waals surface area contributed by atoms with E-state index in [4.69, 9.17) is 16.3 Å². The molecule has 30 heavy (non-hydrogen) atoms. The Bertz CT molecular complexity index is 1150. The normalized spacial score (nSPS) is 12.3. The molecule has 0 bridgehead atoms. The largest absolute Gasteiger partial charge is 0.495 e. The SMILES string of the molecule is COc1ccc(Cl)cc1N([C@H](C)C(=O)Nc1nnc(-c2ccccc2)s1)S(C)(=O)=O. The van der Waals surface area contributed by atoms with Crippen molar-refractivity contribution in [1.29, 1.82) is 0 Å². The number of anilines is 2. The molecule has 1 heterocycles. The number of aromatic nitrogens is 2. The number of carbonyl (C=O) groups is 1. The summed E-state index contributed by atoms with van der Waals surface area (Å²) in [5.41, 5.74) is 1.03. The van der Waals surface area contributed by atoms with Gasteiger partial charge < -0.3 is 4.74 Å². The fourth-order valence-electron chi connectivity index (χ4n) is 2.80. The van der Waals surface area contributed by atoms with Gasteiger partial charge in [-0.15, -0.1) is 10.2 Å². The summed E-state index contributed by atoms with van der Waals surface area (Å²) >= 11 is 7.24. The summed E-state index contributed by atoms with van der Waals surface area (Å²) in [6.07, 6.45) is 1.01. The number of amides is 1. The van der Waals surface area contributed by atoms with Gasteiger partial charge in [-0.1, -0.05) is 53.3 Å². The highest BCUT2D eigenvalue weighted by molar-refractivity contribution is 7.92. The van der Waals surface area contributed by atoms with E-state index in [0.717, 1.165) is 16.1 Å². The van der Waals surface area contributed by atoms with E-state index in [1.54, 1.807) is 6.07 Å². The second-order valence-electron chi connectivity index (χ2n) is 6.32. The molecule has 8 nitrogen and oxygen atoms in total. The molecule has 0 aliphatic heterocycles. The van der Waals surface area contributed by atoms with Crippen molar-refractivity contribution >= 4 is 49.7 Å². The van der Waals surface area contributed by atoms with Crippen LogP contribution in [0.2, 0.25) is 5.02 Å². The summed E-state index contributed by atoms with van der Waals surface area (Å²) in [5.74, 6) is -0.301. The molecular formula is C19H19ClN4O4S2. The van der Waals surface area contributed by atoms with E-state index in [2.05, 4.69) is 15.5 Å². The van der Waals surface area contributed by atoms with Gasteiger partial charge in [0.15, 0.2) is 0 Å². The molecule has 0 aliphatic rings. The first kappa shape index (κ1) is 22.0. The number of rotatable bonds is 7. The van der Waals surface area contributed by atoms with Gasteiger partial charge in [-0.3, -0.25) is 14.4 Å². The Kier molecular flexibility index (Phi) is 6.59. The molecule has 0 saturated carbocycles. The number of nitrogens with one attached hydrogen (secondary N) is 1. The molecule has 0 radical (unpaired) electrons. The lowest BCUT2D eigenvalue weighted by Gasteiger charge is -2.29. The van der Waals surface area contributed by atoms with Crippen LogP contribution >= 0.6 is 22.9 Å². The average molecular weight is 467 g/mol. The maximum absolute atomic E-state index is 12.9. The van der Waals surface area contributed by atoms with Crippen LogP contribution in [0.4, 0.5) is 10.8 Å². The Labute approximate surface area is 183 Å². The maximum Gasteiger partial charge on any atom is 0.249 e. The fourth-order valence-corrected chi connectivity index (χ4v) is 4.89. The molecule has 158 valence electrons. The highest BCUT2D eigenvalue weighted by atomic mass is 35.5. The van der Waals surface area contributed by atoms with Gasteiger partial charge in [0.25, 0.3) is 0 Å². The first-order valence-corrected chi connectivity index (χ1v) is 11.8. The van der Waals surface area contributed by atoms with Crippen LogP contribution in [0, 0.1) is 0 Å². The molecule has 11 heteroatoms. The second kappa shape index (κ2) is 8.99. The molecule has 3 rings (SSSR count). The molecule has 0 aliphatic carbocycles. The van der Waals surface area contributed by atoms with Crippen molar-refractivity contribution in [2.24, 2.45) is 0 Å². The van der Waals surface area contributed by atoms with Gasteiger partial charge >= 0.3 is 0 Å². The number of ether oxygens (including phenoxy) is 1.